The first-order chi connectivity index (χ1) is 7.72. The molecule has 0 aromatic heterocycles. The van der Waals surface area contributed by atoms with E-state index in [0.29, 0.717) is 11.3 Å². The minimum Gasteiger partial charge on any atom is -0.496 e. The van der Waals surface area contributed by atoms with E-state index in [1.807, 2.05) is 24.3 Å². The van der Waals surface area contributed by atoms with Gasteiger partial charge in [-0.05, 0) is 12.1 Å². The summed E-state index contributed by atoms with van der Waals surface area (Å²) in [4.78, 5) is 11.3. The summed E-state index contributed by atoms with van der Waals surface area (Å²) in [5.41, 5.74) is 1.21. The number of para-hydroxylation sites is 1. The number of ether oxygens (including phenoxy) is 2. The minimum absolute atomic E-state index is 0.395. The molecule has 0 saturated heterocycles. The van der Waals surface area contributed by atoms with Gasteiger partial charge < -0.3 is 9.47 Å². The summed E-state index contributed by atoms with van der Waals surface area (Å²) in [6, 6.07) is 7.41. The van der Waals surface area contributed by atoms with Crippen LogP contribution < -0.4 is 4.74 Å². The molecule has 0 aliphatic heterocycles. The lowest BCUT2D eigenvalue weighted by molar-refractivity contribution is -0.135. The molecule has 0 amide bonds. The molecule has 0 saturated carbocycles. The van der Waals surface area contributed by atoms with Gasteiger partial charge in [-0.15, -0.1) is 0 Å². The summed E-state index contributed by atoms with van der Waals surface area (Å²) in [6.07, 6.45) is 3.13. The summed E-state index contributed by atoms with van der Waals surface area (Å²) in [5, 5.41) is 0. The summed E-state index contributed by atoms with van der Waals surface area (Å²) in [6.45, 7) is 3.57. The Labute approximate surface area is 95.0 Å². The highest BCUT2D eigenvalue weighted by atomic mass is 16.5. The maximum atomic E-state index is 11.3. The number of methoxy groups -OCH3 is 2. The van der Waals surface area contributed by atoms with Crippen LogP contribution in [0.2, 0.25) is 0 Å². The molecule has 0 aliphatic rings. The molecular weight excluding hydrogens is 204 g/mol. The summed E-state index contributed by atoms with van der Waals surface area (Å²) >= 11 is 0. The molecule has 0 unspecified atom stereocenters. The van der Waals surface area contributed by atoms with Gasteiger partial charge in [0.15, 0.2) is 0 Å². The Bertz CT molecular complexity index is 419. The van der Waals surface area contributed by atoms with Crippen molar-refractivity contribution in [2.45, 2.75) is 0 Å². The maximum absolute atomic E-state index is 11.3. The number of hydrogen-bond donors (Lipinski definition) is 0. The number of carbonyl (C=O) groups is 1. The Morgan fingerprint density at radius 2 is 2.00 bits per heavy atom. The predicted octanol–water partition coefficient (Wildman–Crippen LogP) is 2.44. The Morgan fingerprint density at radius 1 is 1.31 bits per heavy atom. The highest BCUT2D eigenvalue weighted by Crippen LogP contribution is 2.20. The quantitative estimate of drug-likeness (QED) is 0.442. The van der Waals surface area contributed by atoms with Gasteiger partial charge in [-0.25, -0.2) is 4.79 Å². The third-order valence-electron chi connectivity index (χ3n) is 2.09. The van der Waals surface area contributed by atoms with Crippen molar-refractivity contribution in [3.8, 4) is 5.75 Å². The molecule has 84 valence electrons. The first-order valence-electron chi connectivity index (χ1n) is 4.78. The van der Waals surface area contributed by atoms with Gasteiger partial charge in [-0.2, -0.15) is 0 Å². The molecule has 1 aromatic rings. The SMILES string of the molecule is C=CC(=Cc1ccccc1OC)C(=O)OC. The second-order valence-corrected chi connectivity index (χ2v) is 3.04. The van der Waals surface area contributed by atoms with Gasteiger partial charge in [0, 0.05) is 5.56 Å². The van der Waals surface area contributed by atoms with Crippen molar-refractivity contribution in [2.75, 3.05) is 14.2 Å². The van der Waals surface area contributed by atoms with E-state index < -0.39 is 5.97 Å². The number of rotatable bonds is 4. The Kier molecular flexibility index (Phi) is 4.33. The van der Waals surface area contributed by atoms with Crippen molar-refractivity contribution in [3.05, 3.63) is 48.1 Å². The molecule has 0 fully saturated rings. The van der Waals surface area contributed by atoms with E-state index in [9.17, 15) is 4.79 Å². The van der Waals surface area contributed by atoms with Crippen LogP contribution in [0.1, 0.15) is 5.56 Å². The minimum atomic E-state index is -0.416. The molecule has 3 heteroatoms. The van der Waals surface area contributed by atoms with Crippen molar-refractivity contribution in [1.29, 1.82) is 0 Å². The van der Waals surface area contributed by atoms with E-state index in [1.54, 1.807) is 13.2 Å². The number of carbonyl (C=O) groups excluding carboxylic acids is 1. The van der Waals surface area contributed by atoms with Crippen LogP contribution in [0.4, 0.5) is 0 Å². The third kappa shape index (κ3) is 2.73. The molecule has 3 nitrogen and oxygen atoms in total. The van der Waals surface area contributed by atoms with Crippen molar-refractivity contribution in [1.82, 2.24) is 0 Å². The van der Waals surface area contributed by atoms with E-state index in [0.717, 1.165) is 5.56 Å². The molecular formula is C13H14O3. The highest BCUT2D eigenvalue weighted by molar-refractivity contribution is 5.96. The van der Waals surface area contributed by atoms with Gasteiger partial charge in [-0.3, -0.25) is 0 Å². The first kappa shape index (κ1) is 12.0. The monoisotopic (exact) mass is 218 g/mol. The Balaban J connectivity index is 3.13. The average Bonchev–Trinajstić information content (AvgIpc) is 2.35. The molecule has 1 rings (SSSR count). The van der Waals surface area contributed by atoms with Gasteiger partial charge in [0.25, 0.3) is 0 Å². The molecule has 0 atom stereocenters. The molecule has 0 spiro atoms. The van der Waals surface area contributed by atoms with Crippen LogP contribution in [0.3, 0.4) is 0 Å². The Hall–Kier alpha value is -2.03. The van der Waals surface area contributed by atoms with E-state index in [4.69, 9.17) is 4.74 Å². The zero-order valence-corrected chi connectivity index (χ0v) is 9.40. The third-order valence-corrected chi connectivity index (χ3v) is 2.09. The molecule has 1 aromatic carbocycles. The van der Waals surface area contributed by atoms with Crippen LogP contribution in [-0.2, 0) is 9.53 Å². The second-order valence-electron chi connectivity index (χ2n) is 3.04. The maximum Gasteiger partial charge on any atom is 0.337 e. The van der Waals surface area contributed by atoms with Crippen LogP contribution in [0.5, 0.6) is 5.75 Å². The Morgan fingerprint density at radius 3 is 2.56 bits per heavy atom. The van der Waals surface area contributed by atoms with Gasteiger partial charge in [0.1, 0.15) is 5.75 Å². The second kappa shape index (κ2) is 5.75. The molecule has 0 heterocycles. The highest BCUT2D eigenvalue weighted by Gasteiger charge is 2.07. The van der Waals surface area contributed by atoms with E-state index >= 15 is 0 Å². The molecule has 0 radical (unpaired) electrons. The number of benzene rings is 1. The van der Waals surface area contributed by atoms with Crippen molar-refractivity contribution < 1.29 is 14.3 Å². The van der Waals surface area contributed by atoms with Crippen LogP contribution in [0.25, 0.3) is 6.08 Å². The topological polar surface area (TPSA) is 35.5 Å². The first-order valence-corrected chi connectivity index (χ1v) is 4.78. The fourth-order valence-electron chi connectivity index (χ4n) is 1.27. The molecule has 0 N–H and O–H groups in total. The number of esters is 1. The summed E-state index contributed by atoms with van der Waals surface area (Å²) < 4.78 is 9.80. The standard InChI is InChI=1S/C13H14O3/c1-4-10(13(14)16-3)9-11-7-5-6-8-12(11)15-2/h4-9H,1H2,2-3H3. The molecule has 0 bridgehead atoms. The van der Waals surface area contributed by atoms with Crippen molar-refractivity contribution in [3.63, 3.8) is 0 Å². The fourth-order valence-corrected chi connectivity index (χ4v) is 1.27. The van der Waals surface area contributed by atoms with E-state index in [-0.39, 0.29) is 0 Å². The van der Waals surface area contributed by atoms with E-state index in [1.165, 1.54) is 13.2 Å². The van der Waals surface area contributed by atoms with Gasteiger partial charge in [-0.1, -0.05) is 30.9 Å². The van der Waals surface area contributed by atoms with Gasteiger partial charge in [0.2, 0.25) is 0 Å². The zero-order valence-electron chi connectivity index (χ0n) is 9.40. The number of hydrogen-bond acceptors (Lipinski definition) is 3. The smallest absolute Gasteiger partial charge is 0.337 e. The van der Waals surface area contributed by atoms with Gasteiger partial charge in [0.05, 0.1) is 19.8 Å². The lowest BCUT2D eigenvalue weighted by Crippen LogP contribution is -2.02. The predicted molar refractivity (Wildman–Crippen MR) is 63.2 cm³/mol. The van der Waals surface area contributed by atoms with Gasteiger partial charge >= 0.3 is 5.97 Å². The van der Waals surface area contributed by atoms with Crippen LogP contribution in [0.15, 0.2) is 42.5 Å². The molecule has 16 heavy (non-hydrogen) atoms. The lowest BCUT2D eigenvalue weighted by Gasteiger charge is -2.05. The summed E-state index contributed by atoms with van der Waals surface area (Å²) in [5.74, 6) is 0.284. The van der Waals surface area contributed by atoms with Crippen molar-refractivity contribution in [2.24, 2.45) is 0 Å². The van der Waals surface area contributed by atoms with E-state index in [2.05, 4.69) is 11.3 Å². The zero-order chi connectivity index (χ0) is 12.0. The van der Waals surface area contributed by atoms with Crippen LogP contribution >= 0.6 is 0 Å². The molecule has 0 aliphatic carbocycles. The van der Waals surface area contributed by atoms with Crippen LogP contribution in [0, 0.1) is 0 Å². The summed E-state index contributed by atoms with van der Waals surface area (Å²) in [7, 11) is 2.92. The average molecular weight is 218 g/mol. The fraction of sp³-hybridized carbons (Fsp3) is 0.154. The van der Waals surface area contributed by atoms with Crippen LogP contribution in [-0.4, -0.2) is 20.2 Å². The normalized spacial score (nSPS) is 10.8. The van der Waals surface area contributed by atoms with Crippen molar-refractivity contribution >= 4 is 12.0 Å². The lowest BCUT2D eigenvalue weighted by atomic mass is 10.1. The largest absolute Gasteiger partial charge is 0.496 e.